The summed E-state index contributed by atoms with van der Waals surface area (Å²) < 4.78 is 0. The van der Waals surface area contributed by atoms with Gasteiger partial charge in [0.1, 0.15) is 0 Å². The molecule has 2 unspecified atom stereocenters. The van der Waals surface area contributed by atoms with E-state index < -0.39 is 0 Å². The van der Waals surface area contributed by atoms with Gasteiger partial charge in [0, 0.05) is 20.1 Å². The van der Waals surface area contributed by atoms with Crippen LogP contribution >= 0.6 is 0 Å². The second kappa shape index (κ2) is 4.45. The van der Waals surface area contributed by atoms with Crippen LogP contribution in [0.2, 0.25) is 0 Å². The predicted molar refractivity (Wildman–Crippen MR) is 46.6 cm³/mol. The Labute approximate surface area is 73.2 Å². The van der Waals surface area contributed by atoms with E-state index in [1.807, 2.05) is 0 Å². The third-order valence-electron chi connectivity index (χ3n) is 2.66. The molecule has 0 aromatic carbocycles. The van der Waals surface area contributed by atoms with Gasteiger partial charge in [0.15, 0.2) is 0 Å². The smallest absolute Gasteiger partial charge is 0.216 e. The first-order valence-corrected chi connectivity index (χ1v) is 4.59. The number of rotatable bonds is 3. The van der Waals surface area contributed by atoms with Gasteiger partial charge in [-0.2, -0.15) is 0 Å². The molecule has 1 fully saturated rings. The number of aliphatic hydroxyl groups excluding tert-OH is 1. The van der Waals surface area contributed by atoms with Gasteiger partial charge in [0.05, 0.1) is 0 Å². The maximum Gasteiger partial charge on any atom is 0.216 e. The van der Waals surface area contributed by atoms with E-state index in [1.165, 1.54) is 13.3 Å². The molecule has 2 N–H and O–H groups in total. The maximum atomic E-state index is 10.6. The van der Waals surface area contributed by atoms with Gasteiger partial charge in [-0.25, -0.2) is 0 Å². The molecule has 1 amide bonds. The number of carbonyl (C=O) groups excluding carboxylic acids is 1. The van der Waals surface area contributed by atoms with Gasteiger partial charge in [0.2, 0.25) is 5.91 Å². The molecule has 0 aromatic heterocycles. The van der Waals surface area contributed by atoms with E-state index in [0.29, 0.717) is 11.8 Å². The molecule has 1 saturated carbocycles. The molecule has 0 radical (unpaired) electrons. The first kappa shape index (κ1) is 9.52. The average Bonchev–Trinajstić information content (AvgIpc) is 2.47. The van der Waals surface area contributed by atoms with Gasteiger partial charge >= 0.3 is 0 Å². The molecular weight excluding hydrogens is 154 g/mol. The molecule has 70 valence electrons. The largest absolute Gasteiger partial charge is 0.396 e. The molecule has 0 heterocycles. The Morgan fingerprint density at radius 2 is 2.17 bits per heavy atom. The SMILES string of the molecule is CC(=O)NCC1CCCC1CO. The molecule has 0 saturated heterocycles. The van der Waals surface area contributed by atoms with Gasteiger partial charge in [-0.05, 0) is 24.7 Å². The fourth-order valence-corrected chi connectivity index (χ4v) is 1.90. The lowest BCUT2D eigenvalue weighted by atomic mass is 9.97. The molecule has 2 atom stereocenters. The van der Waals surface area contributed by atoms with Crippen molar-refractivity contribution in [2.24, 2.45) is 11.8 Å². The second-order valence-corrected chi connectivity index (χ2v) is 3.57. The molecule has 1 rings (SSSR count). The summed E-state index contributed by atoms with van der Waals surface area (Å²) in [6, 6.07) is 0. The fraction of sp³-hybridized carbons (Fsp3) is 0.889. The van der Waals surface area contributed by atoms with Crippen LogP contribution in [0.4, 0.5) is 0 Å². The molecule has 1 aliphatic rings. The van der Waals surface area contributed by atoms with Crippen molar-refractivity contribution in [2.75, 3.05) is 13.2 Å². The van der Waals surface area contributed by atoms with Crippen molar-refractivity contribution in [3.8, 4) is 0 Å². The third kappa shape index (κ3) is 2.48. The minimum absolute atomic E-state index is 0.0265. The highest BCUT2D eigenvalue weighted by atomic mass is 16.3. The molecule has 0 spiro atoms. The third-order valence-corrected chi connectivity index (χ3v) is 2.66. The number of carbonyl (C=O) groups is 1. The van der Waals surface area contributed by atoms with E-state index in [4.69, 9.17) is 5.11 Å². The lowest BCUT2D eigenvalue weighted by molar-refractivity contribution is -0.119. The van der Waals surface area contributed by atoms with Crippen molar-refractivity contribution < 1.29 is 9.90 Å². The standard InChI is InChI=1S/C9H17NO2/c1-7(12)10-5-8-3-2-4-9(8)6-11/h8-9,11H,2-6H2,1H3,(H,10,12). The zero-order valence-electron chi connectivity index (χ0n) is 7.55. The zero-order chi connectivity index (χ0) is 8.97. The van der Waals surface area contributed by atoms with Crippen molar-refractivity contribution in [2.45, 2.75) is 26.2 Å². The number of nitrogens with one attached hydrogen (secondary N) is 1. The number of amides is 1. The highest BCUT2D eigenvalue weighted by Crippen LogP contribution is 2.30. The average molecular weight is 171 g/mol. The molecule has 0 aromatic rings. The van der Waals surface area contributed by atoms with E-state index in [0.717, 1.165) is 19.4 Å². The molecule has 1 aliphatic carbocycles. The Bertz CT molecular complexity index is 159. The normalized spacial score (nSPS) is 28.8. The Kier molecular flexibility index (Phi) is 3.53. The molecule has 0 bridgehead atoms. The number of hydrogen-bond acceptors (Lipinski definition) is 2. The van der Waals surface area contributed by atoms with Crippen LogP contribution in [0.25, 0.3) is 0 Å². The summed E-state index contributed by atoms with van der Waals surface area (Å²) in [5, 5.41) is 11.8. The van der Waals surface area contributed by atoms with Crippen molar-refractivity contribution in [1.29, 1.82) is 0 Å². The first-order valence-electron chi connectivity index (χ1n) is 4.59. The monoisotopic (exact) mass is 171 g/mol. The van der Waals surface area contributed by atoms with Crippen LogP contribution in [-0.2, 0) is 4.79 Å². The van der Waals surface area contributed by atoms with Crippen LogP contribution in [0.5, 0.6) is 0 Å². The zero-order valence-corrected chi connectivity index (χ0v) is 7.55. The van der Waals surface area contributed by atoms with E-state index in [-0.39, 0.29) is 12.5 Å². The number of hydrogen-bond donors (Lipinski definition) is 2. The lowest BCUT2D eigenvalue weighted by Gasteiger charge is -2.16. The minimum atomic E-state index is 0.0265. The van der Waals surface area contributed by atoms with E-state index in [1.54, 1.807) is 0 Å². The Hall–Kier alpha value is -0.570. The van der Waals surface area contributed by atoms with Crippen molar-refractivity contribution in [1.82, 2.24) is 5.32 Å². The van der Waals surface area contributed by atoms with Crippen LogP contribution in [0.15, 0.2) is 0 Å². The van der Waals surface area contributed by atoms with Crippen LogP contribution in [0.3, 0.4) is 0 Å². The van der Waals surface area contributed by atoms with Gasteiger partial charge in [0.25, 0.3) is 0 Å². The van der Waals surface area contributed by atoms with E-state index in [2.05, 4.69) is 5.32 Å². The van der Waals surface area contributed by atoms with Gasteiger partial charge in [-0.1, -0.05) is 6.42 Å². The Morgan fingerprint density at radius 1 is 1.50 bits per heavy atom. The summed E-state index contributed by atoms with van der Waals surface area (Å²) in [5.74, 6) is 0.939. The summed E-state index contributed by atoms with van der Waals surface area (Å²) in [4.78, 5) is 10.6. The number of aliphatic hydroxyl groups is 1. The van der Waals surface area contributed by atoms with Crippen molar-refractivity contribution in [3.05, 3.63) is 0 Å². The summed E-state index contributed by atoms with van der Waals surface area (Å²) >= 11 is 0. The molecular formula is C9H17NO2. The van der Waals surface area contributed by atoms with Gasteiger partial charge in [-0.15, -0.1) is 0 Å². The minimum Gasteiger partial charge on any atom is -0.396 e. The topological polar surface area (TPSA) is 49.3 Å². The van der Waals surface area contributed by atoms with Crippen LogP contribution in [0, 0.1) is 11.8 Å². The fourth-order valence-electron chi connectivity index (χ4n) is 1.90. The first-order chi connectivity index (χ1) is 5.74. The lowest BCUT2D eigenvalue weighted by Crippen LogP contribution is -2.29. The van der Waals surface area contributed by atoms with Crippen molar-refractivity contribution in [3.63, 3.8) is 0 Å². The predicted octanol–water partition coefficient (Wildman–Crippen LogP) is 0.531. The van der Waals surface area contributed by atoms with Crippen molar-refractivity contribution >= 4 is 5.91 Å². The van der Waals surface area contributed by atoms with Gasteiger partial charge < -0.3 is 10.4 Å². The highest BCUT2D eigenvalue weighted by Gasteiger charge is 2.26. The maximum absolute atomic E-state index is 10.6. The molecule has 0 aliphatic heterocycles. The van der Waals surface area contributed by atoms with Gasteiger partial charge in [-0.3, -0.25) is 4.79 Å². The van der Waals surface area contributed by atoms with E-state index in [9.17, 15) is 4.79 Å². The Morgan fingerprint density at radius 3 is 2.75 bits per heavy atom. The second-order valence-electron chi connectivity index (χ2n) is 3.57. The molecule has 3 nitrogen and oxygen atoms in total. The van der Waals surface area contributed by atoms with Crippen LogP contribution in [-0.4, -0.2) is 24.2 Å². The Balaban J connectivity index is 2.26. The highest BCUT2D eigenvalue weighted by molar-refractivity contribution is 5.72. The molecule has 3 heteroatoms. The summed E-state index contributed by atoms with van der Waals surface area (Å²) in [6.45, 7) is 2.54. The quantitative estimate of drug-likeness (QED) is 0.650. The van der Waals surface area contributed by atoms with Crippen LogP contribution in [0.1, 0.15) is 26.2 Å². The van der Waals surface area contributed by atoms with E-state index >= 15 is 0 Å². The van der Waals surface area contributed by atoms with Crippen LogP contribution < -0.4 is 5.32 Å². The summed E-state index contributed by atoms with van der Waals surface area (Å²) in [6.07, 6.45) is 3.45. The molecule has 12 heavy (non-hydrogen) atoms. The summed E-state index contributed by atoms with van der Waals surface area (Å²) in [5.41, 5.74) is 0. The summed E-state index contributed by atoms with van der Waals surface area (Å²) in [7, 11) is 0.